The summed E-state index contributed by atoms with van der Waals surface area (Å²) in [7, 11) is 5.46. The van der Waals surface area contributed by atoms with Gasteiger partial charge in [-0.3, -0.25) is 9.59 Å². The molecule has 8 heteroatoms. The first-order valence-corrected chi connectivity index (χ1v) is 13.2. The lowest BCUT2D eigenvalue weighted by atomic mass is 9.94. The highest BCUT2D eigenvalue weighted by Crippen LogP contribution is 2.42. The molecule has 0 spiro atoms. The van der Waals surface area contributed by atoms with Gasteiger partial charge in [-0.25, -0.2) is 0 Å². The molecule has 1 aliphatic heterocycles. The number of carbonyl (C=O) groups excluding carboxylic acids is 2. The van der Waals surface area contributed by atoms with Crippen molar-refractivity contribution < 1.29 is 28.9 Å². The van der Waals surface area contributed by atoms with Crippen molar-refractivity contribution >= 4 is 17.4 Å². The molecular formula is C30H40N2O6. The number of ether oxygens (including phenoxy) is 3. The van der Waals surface area contributed by atoms with E-state index in [2.05, 4.69) is 6.92 Å². The first-order valence-electron chi connectivity index (χ1n) is 13.2. The van der Waals surface area contributed by atoms with Crippen molar-refractivity contribution in [2.75, 3.05) is 47.5 Å². The maximum absolute atomic E-state index is 13.4. The first-order chi connectivity index (χ1) is 18.2. The summed E-state index contributed by atoms with van der Waals surface area (Å²) in [5, 5.41) is 11.4. The molecule has 1 amide bonds. The van der Waals surface area contributed by atoms with E-state index in [0.717, 1.165) is 30.7 Å². The number of likely N-dealkylation sites (tertiary alicyclic amines) is 1. The largest absolute Gasteiger partial charge is 0.507 e. The summed E-state index contributed by atoms with van der Waals surface area (Å²) in [4.78, 5) is 30.2. The molecule has 1 heterocycles. The summed E-state index contributed by atoms with van der Waals surface area (Å²) in [6, 6.07) is 9.88. The number of unbranched alkanes of at least 4 members (excludes halogenated alkanes) is 1. The summed E-state index contributed by atoms with van der Waals surface area (Å²) < 4.78 is 17.0. The molecule has 0 aliphatic carbocycles. The molecule has 0 saturated carbocycles. The number of aliphatic hydroxyl groups is 1. The number of methoxy groups -OCH3 is 1. The van der Waals surface area contributed by atoms with Gasteiger partial charge >= 0.3 is 0 Å². The number of hydrogen-bond acceptors (Lipinski definition) is 7. The lowest BCUT2D eigenvalue weighted by Gasteiger charge is -2.26. The predicted octanol–water partition coefficient (Wildman–Crippen LogP) is 4.95. The van der Waals surface area contributed by atoms with E-state index in [1.807, 2.05) is 38.9 Å². The first kappa shape index (κ1) is 29.0. The zero-order valence-electron chi connectivity index (χ0n) is 23.4. The maximum atomic E-state index is 13.4. The van der Waals surface area contributed by atoms with Crippen LogP contribution in [0.15, 0.2) is 42.0 Å². The number of benzene rings is 2. The molecule has 38 heavy (non-hydrogen) atoms. The molecule has 2 aromatic carbocycles. The molecule has 0 bridgehead atoms. The fraction of sp³-hybridized carbons (Fsp3) is 0.467. The Morgan fingerprint density at radius 1 is 1.00 bits per heavy atom. The zero-order chi connectivity index (χ0) is 27.8. The van der Waals surface area contributed by atoms with Crippen molar-refractivity contribution in [3.05, 3.63) is 58.7 Å². The molecule has 8 nitrogen and oxygen atoms in total. The second kappa shape index (κ2) is 13.3. The van der Waals surface area contributed by atoms with E-state index in [1.165, 1.54) is 0 Å². The Balaban J connectivity index is 2.09. The van der Waals surface area contributed by atoms with Gasteiger partial charge in [0.05, 0.1) is 31.9 Å². The predicted molar refractivity (Wildman–Crippen MR) is 148 cm³/mol. The summed E-state index contributed by atoms with van der Waals surface area (Å²) >= 11 is 0. The molecule has 206 valence electrons. The Kier molecular flexibility index (Phi) is 10.2. The normalized spacial score (nSPS) is 16.8. The number of Topliss-reactive ketones (excluding diaryl/α,β-unsaturated/α-hetero) is 1. The van der Waals surface area contributed by atoms with Gasteiger partial charge in [0.25, 0.3) is 11.7 Å². The molecule has 1 N–H and O–H groups in total. The fourth-order valence-electron chi connectivity index (χ4n) is 4.58. The third kappa shape index (κ3) is 6.48. The van der Waals surface area contributed by atoms with Gasteiger partial charge in [-0.2, -0.15) is 0 Å². The molecule has 1 saturated heterocycles. The molecular weight excluding hydrogens is 484 g/mol. The van der Waals surface area contributed by atoms with Gasteiger partial charge in [-0.15, -0.1) is 0 Å². The number of amides is 1. The van der Waals surface area contributed by atoms with E-state index < -0.39 is 17.7 Å². The van der Waals surface area contributed by atoms with Gasteiger partial charge < -0.3 is 29.1 Å². The van der Waals surface area contributed by atoms with E-state index in [4.69, 9.17) is 14.2 Å². The van der Waals surface area contributed by atoms with Gasteiger partial charge in [0.15, 0.2) is 11.5 Å². The molecule has 0 radical (unpaired) electrons. The Bertz CT molecular complexity index is 1170. The van der Waals surface area contributed by atoms with Crippen molar-refractivity contribution in [2.24, 2.45) is 0 Å². The second-order valence-electron chi connectivity index (χ2n) is 9.67. The topological polar surface area (TPSA) is 88.5 Å². The van der Waals surface area contributed by atoms with Crippen LogP contribution >= 0.6 is 0 Å². The minimum absolute atomic E-state index is 0.0603. The molecule has 2 aromatic rings. The van der Waals surface area contributed by atoms with Crippen LogP contribution in [-0.2, 0) is 9.59 Å². The van der Waals surface area contributed by atoms with Gasteiger partial charge in [0.1, 0.15) is 11.5 Å². The number of carbonyl (C=O) groups is 2. The summed E-state index contributed by atoms with van der Waals surface area (Å²) in [6.07, 6.45) is 2.65. The van der Waals surface area contributed by atoms with E-state index in [-0.39, 0.29) is 11.3 Å². The Hall–Kier alpha value is -3.52. The lowest BCUT2D eigenvalue weighted by molar-refractivity contribution is -0.139. The van der Waals surface area contributed by atoms with Crippen LogP contribution < -0.4 is 14.2 Å². The average molecular weight is 525 g/mol. The van der Waals surface area contributed by atoms with Crippen LogP contribution in [0, 0.1) is 6.92 Å². The van der Waals surface area contributed by atoms with E-state index in [1.54, 1.807) is 42.3 Å². The molecule has 3 rings (SSSR count). The molecule has 1 unspecified atom stereocenters. The maximum Gasteiger partial charge on any atom is 0.295 e. The smallest absolute Gasteiger partial charge is 0.295 e. The molecule has 1 fully saturated rings. The molecule has 0 aromatic heterocycles. The summed E-state index contributed by atoms with van der Waals surface area (Å²) in [5.74, 6) is 0.252. The standard InChI is InChI=1S/C30H40N2O6/c1-7-9-17-38-23-13-12-22(18-20(23)3)28(33)26-27(21-11-14-24(37-8-2)25(19-21)36-6)32(30(35)29(26)34)16-10-15-31(4)5/h11-14,18-19,27,33H,7-10,15-17H2,1-6H3/b28-26-. The van der Waals surface area contributed by atoms with Crippen LogP contribution in [0.1, 0.15) is 55.8 Å². The number of nitrogens with zero attached hydrogens (tertiary/aromatic N) is 2. The quantitative estimate of drug-likeness (QED) is 0.172. The number of rotatable bonds is 13. The van der Waals surface area contributed by atoms with Crippen molar-refractivity contribution in [1.82, 2.24) is 9.80 Å². The lowest BCUT2D eigenvalue weighted by Crippen LogP contribution is -2.32. The average Bonchev–Trinajstić information content (AvgIpc) is 3.14. The minimum atomic E-state index is -0.762. The van der Waals surface area contributed by atoms with Crippen LogP contribution in [0.25, 0.3) is 5.76 Å². The number of ketones is 1. The third-order valence-electron chi connectivity index (χ3n) is 6.55. The number of hydrogen-bond donors (Lipinski definition) is 1. The van der Waals surface area contributed by atoms with Gasteiger partial charge in [-0.05, 0) is 88.8 Å². The zero-order valence-corrected chi connectivity index (χ0v) is 23.4. The monoisotopic (exact) mass is 524 g/mol. The van der Waals surface area contributed by atoms with Crippen molar-refractivity contribution in [2.45, 2.75) is 46.1 Å². The van der Waals surface area contributed by atoms with Crippen LogP contribution in [0.4, 0.5) is 0 Å². The van der Waals surface area contributed by atoms with E-state index in [9.17, 15) is 14.7 Å². The van der Waals surface area contributed by atoms with E-state index >= 15 is 0 Å². The van der Waals surface area contributed by atoms with E-state index in [0.29, 0.717) is 48.8 Å². The fourth-order valence-corrected chi connectivity index (χ4v) is 4.58. The van der Waals surface area contributed by atoms with Gasteiger partial charge in [-0.1, -0.05) is 19.4 Å². The van der Waals surface area contributed by atoms with Crippen molar-refractivity contribution in [3.63, 3.8) is 0 Å². The highest BCUT2D eigenvalue weighted by atomic mass is 16.5. The second-order valence-corrected chi connectivity index (χ2v) is 9.67. The Morgan fingerprint density at radius 3 is 2.37 bits per heavy atom. The molecule has 1 atom stereocenters. The van der Waals surface area contributed by atoms with Crippen LogP contribution in [0.2, 0.25) is 0 Å². The van der Waals surface area contributed by atoms with Crippen LogP contribution in [0.3, 0.4) is 0 Å². The SMILES string of the molecule is CCCCOc1ccc(/C(O)=C2/C(=O)C(=O)N(CCCN(C)C)C2c2ccc(OCC)c(OC)c2)cc1C. The van der Waals surface area contributed by atoms with Crippen molar-refractivity contribution in [1.29, 1.82) is 0 Å². The minimum Gasteiger partial charge on any atom is -0.507 e. The summed E-state index contributed by atoms with van der Waals surface area (Å²) in [6.45, 7) is 8.08. The number of aliphatic hydroxyl groups excluding tert-OH is 1. The van der Waals surface area contributed by atoms with Gasteiger partial charge in [0, 0.05) is 12.1 Å². The Morgan fingerprint density at radius 2 is 1.74 bits per heavy atom. The third-order valence-corrected chi connectivity index (χ3v) is 6.55. The van der Waals surface area contributed by atoms with Crippen molar-refractivity contribution in [3.8, 4) is 17.2 Å². The van der Waals surface area contributed by atoms with Crippen LogP contribution in [0.5, 0.6) is 17.2 Å². The number of aryl methyl sites for hydroxylation is 1. The summed E-state index contributed by atoms with van der Waals surface area (Å²) in [5.41, 5.74) is 2.02. The highest BCUT2D eigenvalue weighted by molar-refractivity contribution is 6.46. The highest BCUT2D eigenvalue weighted by Gasteiger charge is 2.46. The molecule has 1 aliphatic rings. The Labute approximate surface area is 225 Å². The van der Waals surface area contributed by atoms with Gasteiger partial charge in [0.2, 0.25) is 0 Å². The van der Waals surface area contributed by atoms with Crippen LogP contribution in [-0.4, -0.2) is 74.1 Å².